The molecule has 1 aliphatic heterocycles. The van der Waals surface area contributed by atoms with Gasteiger partial charge in [0.2, 0.25) is 11.8 Å². The van der Waals surface area contributed by atoms with Gasteiger partial charge in [-0.2, -0.15) is 11.8 Å². The van der Waals surface area contributed by atoms with Crippen LogP contribution in [0, 0.1) is 5.92 Å². The number of amides is 2. The molecule has 0 aromatic heterocycles. The molecule has 1 saturated carbocycles. The van der Waals surface area contributed by atoms with Crippen molar-refractivity contribution in [1.82, 2.24) is 5.32 Å². The Hall–Kier alpha value is -1.14. The molecule has 2 atom stereocenters. The van der Waals surface area contributed by atoms with Crippen LogP contribution in [0.2, 0.25) is 0 Å². The molecular formula is C20H28N2O2S2. The van der Waals surface area contributed by atoms with Gasteiger partial charge in [-0.3, -0.25) is 9.59 Å². The van der Waals surface area contributed by atoms with E-state index in [1.165, 1.54) is 43.9 Å². The number of rotatable bonds is 7. The number of hydrogen-bond donors (Lipinski definition) is 2. The molecule has 6 heteroatoms. The molecule has 1 aromatic rings. The van der Waals surface area contributed by atoms with Crippen molar-refractivity contribution in [3.63, 3.8) is 0 Å². The number of anilines is 1. The number of hydrogen-bond acceptors (Lipinski definition) is 4. The number of para-hydroxylation sites is 1. The SMILES string of the molecule is CC(C(=O)NCCCSC1CCCCC1)C1Sc2ccccc2NC1=O. The van der Waals surface area contributed by atoms with Gasteiger partial charge in [0.1, 0.15) is 0 Å². The van der Waals surface area contributed by atoms with Gasteiger partial charge in [-0.1, -0.05) is 38.3 Å². The fraction of sp³-hybridized carbons (Fsp3) is 0.600. The number of carbonyl (C=O) groups is 2. The number of carbonyl (C=O) groups excluding carboxylic acids is 2. The van der Waals surface area contributed by atoms with Crippen molar-refractivity contribution in [2.45, 2.75) is 60.8 Å². The van der Waals surface area contributed by atoms with Crippen molar-refractivity contribution < 1.29 is 9.59 Å². The largest absolute Gasteiger partial charge is 0.356 e. The highest BCUT2D eigenvalue weighted by Gasteiger charge is 2.34. The third kappa shape index (κ3) is 5.19. The molecule has 1 heterocycles. The lowest BCUT2D eigenvalue weighted by Crippen LogP contribution is -2.42. The predicted molar refractivity (Wildman–Crippen MR) is 111 cm³/mol. The molecular weight excluding hydrogens is 364 g/mol. The summed E-state index contributed by atoms with van der Waals surface area (Å²) in [6, 6.07) is 7.74. The van der Waals surface area contributed by atoms with Crippen molar-refractivity contribution in [2.75, 3.05) is 17.6 Å². The standard InChI is InChI=1S/C20H28N2O2S2/c1-14(18-20(24)22-16-10-5-6-11-17(16)26-18)19(23)21-12-7-13-25-15-8-3-2-4-9-15/h5-6,10-11,14-15,18H,2-4,7-9,12-13H2,1H3,(H,21,23)(H,22,24). The minimum atomic E-state index is -0.374. The van der Waals surface area contributed by atoms with Gasteiger partial charge in [0, 0.05) is 16.7 Å². The maximum atomic E-state index is 12.5. The Morgan fingerprint density at radius 2 is 2.08 bits per heavy atom. The van der Waals surface area contributed by atoms with E-state index in [4.69, 9.17) is 0 Å². The highest BCUT2D eigenvalue weighted by molar-refractivity contribution is 8.01. The quantitative estimate of drug-likeness (QED) is 0.679. The highest BCUT2D eigenvalue weighted by Crippen LogP contribution is 2.38. The van der Waals surface area contributed by atoms with Crippen LogP contribution >= 0.6 is 23.5 Å². The number of nitrogens with one attached hydrogen (secondary N) is 2. The summed E-state index contributed by atoms with van der Waals surface area (Å²) in [5.74, 6) is 0.647. The van der Waals surface area contributed by atoms with Crippen molar-refractivity contribution in [1.29, 1.82) is 0 Å². The lowest BCUT2D eigenvalue weighted by molar-refractivity contribution is -0.127. The van der Waals surface area contributed by atoms with Gasteiger partial charge in [-0.05, 0) is 37.1 Å². The van der Waals surface area contributed by atoms with E-state index in [2.05, 4.69) is 22.4 Å². The minimum absolute atomic E-state index is 0.0281. The summed E-state index contributed by atoms with van der Waals surface area (Å²) in [4.78, 5) is 25.8. The van der Waals surface area contributed by atoms with Gasteiger partial charge in [0.15, 0.2) is 0 Å². The summed E-state index contributed by atoms with van der Waals surface area (Å²) >= 11 is 3.55. The normalized spacial score (nSPS) is 21.6. The zero-order chi connectivity index (χ0) is 18.4. The molecule has 0 saturated heterocycles. The lowest BCUT2D eigenvalue weighted by atomic mass is 10.0. The molecule has 0 bridgehead atoms. The first kappa shape index (κ1) is 19.6. The van der Waals surface area contributed by atoms with Crippen LogP contribution in [0.5, 0.6) is 0 Å². The second kappa shape index (κ2) is 9.70. The van der Waals surface area contributed by atoms with Crippen LogP contribution in [0.1, 0.15) is 45.4 Å². The zero-order valence-electron chi connectivity index (χ0n) is 15.3. The average molecular weight is 393 g/mol. The Morgan fingerprint density at radius 3 is 2.88 bits per heavy atom. The van der Waals surface area contributed by atoms with Gasteiger partial charge in [0.05, 0.1) is 16.9 Å². The van der Waals surface area contributed by atoms with Gasteiger partial charge < -0.3 is 10.6 Å². The first-order valence-corrected chi connectivity index (χ1v) is 11.5. The Bertz CT molecular complexity index is 632. The fourth-order valence-electron chi connectivity index (χ4n) is 3.46. The zero-order valence-corrected chi connectivity index (χ0v) is 17.0. The van der Waals surface area contributed by atoms with Crippen LogP contribution in [0.15, 0.2) is 29.2 Å². The third-order valence-electron chi connectivity index (χ3n) is 5.05. The third-order valence-corrected chi connectivity index (χ3v) is 8.00. The molecule has 3 rings (SSSR count). The van der Waals surface area contributed by atoms with E-state index in [9.17, 15) is 9.59 Å². The van der Waals surface area contributed by atoms with Gasteiger partial charge in [-0.25, -0.2) is 0 Å². The number of fused-ring (bicyclic) bond motifs is 1. The fourth-order valence-corrected chi connectivity index (χ4v) is 5.94. The number of thioether (sulfide) groups is 2. The monoisotopic (exact) mass is 392 g/mol. The van der Waals surface area contributed by atoms with Crippen LogP contribution in [0.4, 0.5) is 5.69 Å². The summed E-state index contributed by atoms with van der Waals surface area (Å²) in [6.45, 7) is 2.54. The molecule has 0 radical (unpaired) electrons. The van der Waals surface area contributed by atoms with Gasteiger partial charge in [-0.15, -0.1) is 11.8 Å². The first-order valence-electron chi connectivity index (χ1n) is 9.61. The van der Waals surface area contributed by atoms with E-state index in [-0.39, 0.29) is 23.0 Å². The Morgan fingerprint density at radius 1 is 1.31 bits per heavy atom. The molecule has 2 aliphatic rings. The Kier molecular flexibility index (Phi) is 7.32. The van der Waals surface area contributed by atoms with Crippen molar-refractivity contribution in [3.8, 4) is 0 Å². The molecule has 142 valence electrons. The Balaban J connectivity index is 1.39. The Labute approximate surface area is 164 Å². The molecule has 2 unspecified atom stereocenters. The van der Waals surface area contributed by atoms with Crippen molar-refractivity contribution in [3.05, 3.63) is 24.3 Å². The minimum Gasteiger partial charge on any atom is -0.356 e. The van der Waals surface area contributed by atoms with Gasteiger partial charge >= 0.3 is 0 Å². The van der Waals surface area contributed by atoms with E-state index in [1.54, 1.807) is 0 Å². The molecule has 1 aliphatic carbocycles. The topological polar surface area (TPSA) is 58.2 Å². The van der Waals surface area contributed by atoms with Crippen LogP contribution < -0.4 is 10.6 Å². The molecule has 0 spiro atoms. The number of benzene rings is 1. The maximum absolute atomic E-state index is 12.5. The molecule has 1 fully saturated rings. The van der Waals surface area contributed by atoms with Crippen molar-refractivity contribution >= 4 is 41.0 Å². The predicted octanol–water partition coefficient (Wildman–Crippen LogP) is 4.31. The molecule has 26 heavy (non-hydrogen) atoms. The molecule has 1 aromatic carbocycles. The molecule has 2 N–H and O–H groups in total. The van der Waals surface area contributed by atoms with E-state index < -0.39 is 0 Å². The summed E-state index contributed by atoms with van der Waals surface area (Å²) in [5.41, 5.74) is 0.839. The van der Waals surface area contributed by atoms with E-state index in [0.717, 1.165) is 28.0 Å². The molecule has 4 nitrogen and oxygen atoms in total. The lowest BCUT2D eigenvalue weighted by Gasteiger charge is -2.27. The second-order valence-corrected chi connectivity index (χ2v) is 9.68. The van der Waals surface area contributed by atoms with Crippen LogP contribution in [-0.2, 0) is 9.59 Å². The van der Waals surface area contributed by atoms with Crippen molar-refractivity contribution in [2.24, 2.45) is 5.92 Å². The van der Waals surface area contributed by atoms with Crippen LogP contribution in [-0.4, -0.2) is 34.6 Å². The summed E-state index contributed by atoms with van der Waals surface area (Å²) < 4.78 is 0. The average Bonchev–Trinajstić information content (AvgIpc) is 2.67. The van der Waals surface area contributed by atoms with Gasteiger partial charge in [0.25, 0.3) is 0 Å². The highest BCUT2D eigenvalue weighted by atomic mass is 32.2. The van der Waals surface area contributed by atoms with E-state index in [1.807, 2.05) is 31.2 Å². The second-order valence-electron chi connectivity index (χ2n) is 7.09. The summed E-state index contributed by atoms with van der Waals surface area (Å²) in [5, 5.41) is 6.38. The van der Waals surface area contributed by atoms with Crippen LogP contribution in [0.25, 0.3) is 0 Å². The van der Waals surface area contributed by atoms with E-state index in [0.29, 0.717) is 6.54 Å². The van der Waals surface area contributed by atoms with Crippen LogP contribution in [0.3, 0.4) is 0 Å². The smallest absolute Gasteiger partial charge is 0.238 e. The van der Waals surface area contributed by atoms with E-state index >= 15 is 0 Å². The maximum Gasteiger partial charge on any atom is 0.238 e. The molecule has 2 amide bonds. The summed E-state index contributed by atoms with van der Waals surface area (Å²) in [6.07, 6.45) is 7.83. The summed E-state index contributed by atoms with van der Waals surface area (Å²) in [7, 11) is 0. The first-order chi connectivity index (χ1) is 12.6.